The lowest BCUT2D eigenvalue weighted by Gasteiger charge is -2.40. The molecule has 2 atom stereocenters. The lowest BCUT2D eigenvalue weighted by Crippen LogP contribution is -2.50. The predicted octanol–water partition coefficient (Wildman–Crippen LogP) is 5.58. The van der Waals surface area contributed by atoms with Crippen molar-refractivity contribution < 1.29 is 36.3 Å². The van der Waals surface area contributed by atoms with Crippen LogP contribution in [0.15, 0.2) is 54.6 Å². The third-order valence-corrected chi connectivity index (χ3v) is 8.24. The highest BCUT2D eigenvalue weighted by atomic mass is 32.2. The van der Waals surface area contributed by atoms with Crippen LogP contribution >= 0.6 is 0 Å². The molecule has 1 heterocycles. The second-order valence-corrected chi connectivity index (χ2v) is 13.0. The third kappa shape index (κ3) is 9.54. The molecule has 1 saturated heterocycles. The second-order valence-electron chi connectivity index (χ2n) is 11.2. The number of carbonyl (C=O) groups excluding carboxylic acids is 2. The van der Waals surface area contributed by atoms with E-state index in [4.69, 9.17) is 15.2 Å². The smallest absolute Gasteiger partial charge is 0.319 e. The van der Waals surface area contributed by atoms with Crippen molar-refractivity contribution in [1.29, 1.82) is 0 Å². The summed E-state index contributed by atoms with van der Waals surface area (Å²) in [4.78, 5) is 26.5. The van der Waals surface area contributed by atoms with Crippen molar-refractivity contribution in [3.8, 4) is 17.2 Å². The molecule has 11 nitrogen and oxygen atoms in total. The van der Waals surface area contributed by atoms with Gasteiger partial charge in [-0.05, 0) is 55.2 Å². The molecule has 0 bridgehead atoms. The Kier molecular flexibility index (Phi) is 11.4. The molecule has 1 fully saturated rings. The summed E-state index contributed by atoms with van der Waals surface area (Å²) in [5.41, 5.74) is 5.74. The van der Waals surface area contributed by atoms with Crippen LogP contribution in [0.3, 0.4) is 0 Å². The van der Waals surface area contributed by atoms with E-state index in [0.29, 0.717) is 48.4 Å². The van der Waals surface area contributed by atoms with E-state index in [2.05, 4.69) is 27.2 Å². The maximum atomic E-state index is 14.2. The van der Waals surface area contributed by atoms with Crippen LogP contribution in [0.1, 0.15) is 54.9 Å². The highest BCUT2D eigenvalue weighted by Gasteiger charge is 2.29. The van der Waals surface area contributed by atoms with E-state index in [1.807, 2.05) is 24.3 Å². The largest absolute Gasteiger partial charge is 0.493 e. The Hall–Kier alpha value is -4.43. The first-order valence-electron chi connectivity index (χ1n) is 14.9. The topological polar surface area (TPSA) is 152 Å². The zero-order valence-corrected chi connectivity index (χ0v) is 26.8. The summed E-state index contributed by atoms with van der Waals surface area (Å²) in [5, 5.41) is 5.26. The number of methoxy groups -OCH3 is 1. The molecule has 0 radical (unpaired) electrons. The van der Waals surface area contributed by atoms with Gasteiger partial charge in [-0.15, -0.1) is 0 Å². The van der Waals surface area contributed by atoms with Crippen LogP contribution in [0.5, 0.6) is 17.2 Å². The van der Waals surface area contributed by atoms with Crippen molar-refractivity contribution >= 4 is 33.3 Å². The van der Waals surface area contributed by atoms with Gasteiger partial charge in [0.1, 0.15) is 17.4 Å². The Balaban J connectivity index is 1.36. The highest BCUT2D eigenvalue weighted by Crippen LogP contribution is 2.34. The Morgan fingerprint density at radius 3 is 2.43 bits per heavy atom. The number of nitrogens with one attached hydrogen (secondary N) is 3. The molecule has 0 saturated carbocycles. The Morgan fingerprint density at radius 2 is 1.78 bits per heavy atom. The standard InChI is InChI=1S/C32H39F2N5O6S/c1-4-5-6-23-15-21(36-32(41)37-28-17-25(31(35)40)26(33)18-27(28)34)13-14-39(23)19-20-7-10-24(11-8-20)45-29-12-9-22(16-30(29)44-2)38-46(3,42)43/h7-12,16-18,21,23,38H,4-6,13-15,19H2,1-3H3,(H2,35,40)(H2,36,37,41). The van der Waals surface area contributed by atoms with E-state index in [0.717, 1.165) is 43.7 Å². The summed E-state index contributed by atoms with van der Waals surface area (Å²) >= 11 is 0. The highest BCUT2D eigenvalue weighted by molar-refractivity contribution is 7.92. The maximum absolute atomic E-state index is 14.2. The lowest BCUT2D eigenvalue weighted by molar-refractivity contribution is 0.0996. The minimum absolute atomic E-state index is 0.165. The monoisotopic (exact) mass is 659 g/mol. The fourth-order valence-corrected chi connectivity index (χ4v) is 5.97. The van der Waals surface area contributed by atoms with Crippen molar-refractivity contribution in [2.45, 2.75) is 57.7 Å². The van der Waals surface area contributed by atoms with Gasteiger partial charge in [0.05, 0.1) is 30.3 Å². The number of likely N-dealkylation sites (tertiary alicyclic amines) is 1. The first-order valence-corrected chi connectivity index (χ1v) is 16.8. The summed E-state index contributed by atoms with van der Waals surface area (Å²) in [5.74, 6) is -1.78. The van der Waals surface area contributed by atoms with Gasteiger partial charge in [-0.1, -0.05) is 31.9 Å². The van der Waals surface area contributed by atoms with Crippen LogP contribution in [-0.4, -0.2) is 57.3 Å². The molecule has 0 aliphatic carbocycles. The summed E-state index contributed by atoms with van der Waals surface area (Å²) in [6.45, 7) is 3.54. The predicted molar refractivity (Wildman–Crippen MR) is 172 cm³/mol. The number of hydrogen-bond donors (Lipinski definition) is 4. The van der Waals surface area contributed by atoms with Crippen LogP contribution in [0, 0.1) is 11.6 Å². The number of amides is 3. The van der Waals surface area contributed by atoms with Gasteiger partial charge in [0.25, 0.3) is 5.91 Å². The molecule has 4 rings (SSSR count). The molecule has 3 aromatic rings. The molecular weight excluding hydrogens is 620 g/mol. The van der Waals surface area contributed by atoms with E-state index < -0.39 is 39.2 Å². The molecule has 5 N–H and O–H groups in total. The van der Waals surface area contributed by atoms with E-state index in [1.54, 1.807) is 18.2 Å². The Labute approximate surface area is 267 Å². The summed E-state index contributed by atoms with van der Waals surface area (Å²) in [7, 11) is -1.96. The fraction of sp³-hybridized carbons (Fsp3) is 0.375. The number of nitrogens with two attached hydrogens (primary N) is 1. The number of rotatable bonds is 13. The normalized spacial score (nSPS) is 16.8. The average Bonchev–Trinajstić information content (AvgIpc) is 2.99. The van der Waals surface area contributed by atoms with Crippen molar-refractivity contribution in [2.24, 2.45) is 5.73 Å². The minimum Gasteiger partial charge on any atom is -0.493 e. The van der Waals surface area contributed by atoms with Gasteiger partial charge in [-0.3, -0.25) is 14.4 Å². The van der Waals surface area contributed by atoms with Crippen LogP contribution < -0.4 is 30.6 Å². The quantitative estimate of drug-likeness (QED) is 0.187. The van der Waals surface area contributed by atoms with E-state index in [1.165, 1.54) is 7.11 Å². The van der Waals surface area contributed by atoms with Gasteiger partial charge in [0, 0.05) is 37.3 Å². The number of urea groups is 1. The zero-order valence-electron chi connectivity index (χ0n) is 25.9. The SMILES string of the molecule is CCCCC1CC(NC(=O)Nc2cc(C(N)=O)c(F)cc2F)CCN1Cc1ccc(Oc2ccc(NS(C)(=O)=O)cc2OC)cc1. The molecule has 248 valence electrons. The van der Waals surface area contributed by atoms with Crippen LogP contribution in [0.25, 0.3) is 0 Å². The number of hydrogen-bond acceptors (Lipinski definition) is 7. The number of carbonyl (C=O) groups is 2. The van der Waals surface area contributed by atoms with Crippen molar-refractivity contribution in [3.63, 3.8) is 0 Å². The first-order chi connectivity index (χ1) is 21.8. The Bertz CT molecular complexity index is 1660. The number of benzene rings is 3. The van der Waals surface area contributed by atoms with Gasteiger partial charge in [0.15, 0.2) is 11.5 Å². The Morgan fingerprint density at radius 1 is 1.04 bits per heavy atom. The molecule has 3 aromatic carbocycles. The lowest BCUT2D eigenvalue weighted by atomic mass is 9.93. The molecule has 3 amide bonds. The van der Waals surface area contributed by atoms with Crippen molar-refractivity contribution in [2.75, 3.05) is 29.9 Å². The molecule has 1 aliphatic rings. The van der Waals surface area contributed by atoms with Crippen LogP contribution in [0.2, 0.25) is 0 Å². The number of primary amides is 1. The number of anilines is 2. The van der Waals surface area contributed by atoms with Gasteiger partial charge in [-0.2, -0.15) is 0 Å². The fourth-order valence-electron chi connectivity index (χ4n) is 5.41. The number of unbranched alkanes of at least 4 members (excludes halogenated alkanes) is 1. The minimum atomic E-state index is -3.43. The molecule has 1 aliphatic heterocycles. The van der Waals surface area contributed by atoms with Crippen molar-refractivity contribution in [3.05, 3.63) is 77.4 Å². The van der Waals surface area contributed by atoms with Gasteiger partial charge in [0.2, 0.25) is 10.0 Å². The summed E-state index contributed by atoms with van der Waals surface area (Å²) in [6, 6.07) is 13.2. The summed E-state index contributed by atoms with van der Waals surface area (Å²) in [6.07, 6.45) is 5.41. The molecule has 46 heavy (non-hydrogen) atoms. The van der Waals surface area contributed by atoms with E-state index in [9.17, 15) is 26.8 Å². The van der Waals surface area contributed by atoms with Gasteiger partial charge in [-0.25, -0.2) is 22.0 Å². The zero-order chi connectivity index (χ0) is 33.4. The molecule has 14 heteroatoms. The molecular formula is C32H39F2N5O6S. The average molecular weight is 660 g/mol. The molecule has 0 spiro atoms. The molecule has 0 aromatic heterocycles. The van der Waals surface area contributed by atoms with Gasteiger partial charge >= 0.3 is 6.03 Å². The second kappa shape index (κ2) is 15.2. The third-order valence-electron chi connectivity index (χ3n) is 7.64. The number of piperidine rings is 1. The van der Waals surface area contributed by atoms with Crippen molar-refractivity contribution in [1.82, 2.24) is 10.2 Å². The number of sulfonamides is 1. The van der Waals surface area contributed by atoms with Crippen LogP contribution in [-0.2, 0) is 16.6 Å². The van der Waals surface area contributed by atoms with Gasteiger partial charge < -0.3 is 25.8 Å². The molecule has 2 unspecified atom stereocenters. The maximum Gasteiger partial charge on any atom is 0.319 e. The number of ether oxygens (including phenoxy) is 2. The number of halogens is 2. The first kappa shape index (κ1) is 34.4. The van der Waals surface area contributed by atoms with Crippen LogP contribution in [0.4, 0.5) is 25.0 Å². The van der Waals surface area contributed by atoms with E-state index in [-0.39, 0.29) is 17.8 Å². The number of nitrogens with zero attached hydrogens (tertiary/aromatic N) is 1. The summed E-state index contributed by atoms with van der Waals surface area (Å²) < 4.78 is 65.0. The van der Waals surface area contributed by atoms with E-state index >= 15 is 0 Å².